The molecule has 0 N–H and O–H groups in total. The number of hydrogen-bond acceptors (Lipinski definition) is 4. The van der Waals surface area contributed by atoms with E-state index in [1.165, 1.54) is 7.11 Å². The fraction of sp³-hybridized carbons (Fsp3) is 0.529. The minimum absolute atomic E-state index is 0.0313. The monoisotopic (exact) mass is 337 g/mol. The number of likely N-dealkylation sites (tertiary alicyclic amines) is 1. The molecular weight excluding hydrogens is 318 g/mol. The van der Waals surface area contributed by atoms with Crippen LogP contribution in [-0.2, 0) is 25.5 Å². The second-order valence-corrected chi connectivity index (χ2v) is 6.78. The van der Waals surface area contributed by atoms with Crippen molar-refractivity contribution < 1.29 is 19.1 Å². The molecule has 0 saturated carbocycles. The molecule has 1 aromatic rings. The Morgan fingerprint density at radius 2 is 2.13 bits per heavy atom. The second kappa shape index (κ2) is 6.13. The summed E-state index contributed by atoms with van der Waals surface area (Å²) in [4.78, 5) is 26.7. The van der Waals surface area contributed by atoms with E-state index in [0.29, 0.717) is 24.4 Å². The van der Waals surface area contributed by atoms with Gasteiger partial charge in [0.15, 0.2) is 5.54 Å². The van der Waals surface area contributed by atoms with Crippen LogP contribution < -0.4 is 0 Å². The number of carbonyl (C=O) groups is 2. The van der Waals surface area contributed by atoms with Crippen molar-refractivity contribution in [1.82, 2.24) is 4.90 Å². The van der Waals surface area contributed by atoms with Crippen LogP contribution in [0.4, 0.5) is 0 Å². The van der Waals surface area contributed by atoms with Crippen molar-refractivity contribution in [3.63, 3.8) is 0 Å². The number of benzene rings is 1. The van der Waals surface area contributed by atoms with Crippen molar-refractivity contribution in [1.29, 1.82) is 0 Å². The number of carbonyl (C=O) groups excluding carboxylic acids is 2. The zero-order valence-corrected chi connectivity index (χ0v) is 14.0. The fourth-order valence-electron chi connectivity index (χ4n) is 3.50. The van der Waals surface area contributed by atoms with Crippen molar-refractivity contribution in [3.05, 3.63) is 34.9 Å². The highest BCUT2D eigenvalue weighted by Gasteiger charge is 2.59. The number of fused-ring (bicyclic) bond motifs is 2. The molecule has 0 spiro atoms. The van der Waals surface area contributed by atoms with Crippen LogP contribution in [0.3, 0.4) is 0 Å². The highest BCUT2D eigenvalue weighted by molar-refractivity contribution is 6.30. The van der Waals surface area contributed by atoms with E-state index in [4.69, 9.17) is 21.1 Å². The van der Waals surface area contributed by atoms with Crippen LogP contribution in [0.1, 0.15) is 18.9 Å². The number of morpholine rings is 1. The SMILES string of the molecule is COC(=O)C12COC(CN1C(=O)C(C)Cc1ccc(Cl)cc1)C2. The van der Waals surface area contributed by atoms with Crippen molar-refractivity contribution in [2.75, 3.05) is 20.3 Å². The van der Waals surface area contributed by atoms with Crippen LogP contribution in [0.2, 0.25) is 5.02 Å². The van der Waals surface area contributed by atoms with Gasteiger partial charge in [-0.25, -0.2) is 4.79 Å². The maximum absolute atomic E-state index is 12.9. The standard InChI is InChI=1S/C17H20ClNO4/c1-11(7-12-3-5-13(18)6-4-12)15(20)19-9-14-8-17(19,10-23-14)16(21)22-2/h3-6,11,14H,7-10H2,1-2H3. The van der Waals surface area contributed by atoms with Gasteiger partial charge in [0.05, 0.1) is 19.8 Å². The molecule has 2 fully saturated rings. The third kappa shape index (κ3) is 2.83. The van der Waals surface area contributed by atoms with Gasteiger partial charge in [0, 0.05) is 23.9 Å². The molecule has 2 heterocycles. The van der Waals surface area contributed by atoms with E-state index in [1.54, 1.807) is 4.90 Å². The molecule has 0 radical (unpaired) electrons. The third-order valence-electron chi connectivity index (χ3n) is 4.73. The summed E-state index contributed by atoms with van der Waals surface area (Å²) in [5.41, 5.74) is 0.105. The van der Waals surface area contributed by atoms with Gasteiger partial charge >= 0.3 is 5.97 Å². The van der Waals surface area contributed by atoms with E-state index in [2.05, 4.69) is 0 Å². The van der Waals surface area contributed by atoms with E-state index in [9.17, 15) is 9.59 Å². The Hall–Kier alpha value is -1.59. The van der Waals surface area contributed by atoms with Crippen LogP contribution in [0.15, 0.2) is 24.3 Å². The Balaban J connectivity index is 1.74. The van der Waals surface area contributed by atoms with E-state index < -0.39 is 5.54 Å². The minimum atomic E-state index is -0.940. The first kappa shape index (κ1) is 16.3. The smallest absolute Gasteiger partial charge is 0.334 e. The largest absolute Gasteiger partial charge is 0.467 e. The number of methoxy groups -OCH3 is 1. The molecule has 0 aromatic heterocycles. The molecule has 6 heteroatoms. The topological polar surface area (TPSA) is 55.8 Å². The number of halogens is 1. The fourth-order valence-corrected chi connectivity index (χ4v) is 3.63. The number of nitrogens with zero attached hydrogens (tertiary/aromatic N) is 1. The van der Waals surface area contributed by atoms with Crippen LogP contribution in [0.5, 0.6) is 0 Å². The zero-order chi connectivity index (χ0) is 16.6. The van der Waals surface area contributed by atoms with Crippen molar-refractivity contribution >= 4 is 23.5 Å². The van der Waals surface area contributed by atoms with Gasteiger partial charge in [-0.15, -0.1) is 0 Å². The maximum Gasteiger partial charge on any atom is 0.334 e. The molecule has 124 valence electrons. The highest BCUT2D eigenvalue weighted by atomic mass is 35.5. The molecule has 1 aromatic carbocycles. The first-order valence-corrected chi connectivity index (χ1v) is 8.10. The summed E-state index contributed by atoms with van der Waals surface area (Å²) in [6.07, 6.45) is 1.06. The lowest BCUT2D eigenvalue weighted by atomic mass is 9.95. The average Bonchev–Trinajstić information content (AvgIpc) is 3.15. The Labute approximate surface area is 140 Å². The van der Waals surface area contributed by atoms with Gasteiger partial charge in [-0.05, 0) is 24.1 Å². The third-order valence-corrected chi connectivity index (χ3v) is 4.99. The normalized spacial score (nSPS) is 27.1. The number of ether oxygens (including phenoxy) is 2. The van der Waals surface area contributed by atoms with Gasteiger partial charge in [0.1, 0.15) is 0 Å². The average molecular weight is 338 g/mol. The van der Waals surface area contributed by atoms with Crippen molar-refractivity contribution in [2.45, 2.75) is 31.4 Å². The van der Waals surface area contributed by atoms with Gasteiger partial charge in [-0.3, -0.25) is 4.79 Å². The molecule has 2 saturated heterocycles. The van der Waals surface area contributed by atoms with Crippen LogP contribution in [0.25, 0.3) is 0 Å². The molecule has 3 rings (SSSR count). The lowest BCUT2D eigenvalue weighted by Crippen LogP contribution is -2.58. The van der Waals surface area contributed by atoms with Crippen LogP contribution in [-0.4, -0.2) is 48.7 Å². The summed E-state index contributed by atoms with van der Waals surface area (Å²) in [5.74, 6) is -0.641. The molecule has 3 atom stereocenters. The van der Waals surface area contributed by atoms with E-state index >= 15 is 0 Å². The van der Waals surface area contributed by atoms with Crippen molar-refractivity contribution in [2.24, 2.45) is 5.92 Å². The molecule has 5 nitrogen and oxygen atoms in total. The van der Waals surface area contributed by atoms with E-state index in [-0.39, 0.29) is 30.5 Å². The Morgan fingerprint density at radius 1 is 1.43 bits per heavy atom. The van der Waals surface area contributed by atoms with Gasteiger partial charge in [-0.1, -0.05) is 30.7 Å². The number of hydrogen-bond donors (Lipinski definition) is 0. The molecule has 2 aliphatic rings. The van der Waals surface area contributed by atoms with E-state index in [1.807, 2.05) is 31.2 Å². The Bertz CT molecular complexity index is 618. The van der Waals surface area contributed by atoms with Crippen LogP contribution >= 0.6 is 11.6 Å². The first-order valence-electron chi connectivity index (χ1n) is 7.72. The molecule has 2 bridgehead atoms. The highest BCUT2D eigenvalue weighted by Crippen LogP contribution is 2.40. The summed E-state index contributed by atoms with van der Waals surface area (Å²) in [6.45, 7) is 2.57. The summed E-state index contributed by atoms with van der Waals surface area (Å²) in [7, 11) is 1.35. The molecule has 0 aliphatic carbocycles. The summed E-state index contributed by atoms with van der Waals surface area (Å²) in [5, 5.41) is 0.673. The molecule has 2 aliphatic heterocycles. The summed E-state index contributed by atoms with van der Waals surface area (Å²) < 4.78 is 10.5. The van der Waals surface area contributed by atoms with Crippen molar-refractivity contribution in [3.8, 4) is 0 Å². The van der Waals surface area contributed by atoms with Crippen LogP contribution in [0, 0.1) is 5.92 Å². The quantitative estimate of drug-likeness (QED) is 0.789. The predicted octanol–water partition coefficient (Wildman–Crippen LogP) is 2.06. The number of rotatable bonds is 4. The second-order valence-electron chi connectivity index (χ2n) is 6.34. The molecule has 23 heavy (non-hydrogen) atoms. The molecule has 1 amide bonds. The summed E-state index contributed by atoms with van der Waals surface area (Å²) in [6, 6.07) is 7.47. The maximum atomic E-state index is 12.9. The Kier molecular flexibility index (Phi) is 4.34. The van der Waals surface area contributed by atoms with Gasteiger partial charge in [0.2, 0.25) is 5.91 Å². The van der Waals surface area contributed by atoms with Gasteiger partial charge < -0.3 is 14.4 Å². The lowest BCUT2D eigenvalue weighted by Gasteiger charge is -2.37. The molecule has 3 unspecified atom stereocenters. The number of amides is 1. The summed E-state index contributed by atoms with van der Waals surface area (Å²) >= 11 is 5.89. The minimum Gasteiger partial charge on any atom is -0.467 e. The zero-order valence-electron chi connectivity index (χ0n) is 13.3. The van der Waals surface area contributed by atoms with E-state index in [0.717, 1.165) is 5.56 Å². The lowest BCUT2D eigenvalue weighted by molar-refractivity contribution is -0.165. The van der Waals surface area contributed by atoms with Gasteiger partial charge in [-0.2, -0.15) is 0 Å². The predicted molar refractivity (Wildman–Crippen MR) is 85.1 cm³/mol. The number of esters is 1. The first-order chi connectivity index (χ1) is 11.0. The Morgan fingerprint density at radius 3 is 2.74 bits per heavy atom. The molecular formula is C17H20ClNO4. The van der Waals surface area contributed by atoms with Gasteiger partial charge in [0.25, 0.3) is 0 Å².